The van der Waals surface area contributed by atoms with Gasteiger partial charge in [-0.3, -0.25) is 9.59 Å². The summed E-state index contributed by atoms with van der Waals surface area (Å²) in [5.74, 6) is -0.134. The van der Waals surface area contributed by atoms with Crippen LogP contribution in [0.15, 0.2) is 54.6 Å². The Labute approximate surface area is 173 Å². The van der Waals surface area contributed by atoms with Gasteiger partial charge in [0.25, 0.3) is 5.91 Å². The van der Waals surface area contributed by atoms with E-state index in [9.17, 15) is 9.59 Å². The fraction of sp³-hybridized carbons (Fsp3) is 0.318. The number of para-hydroxylation sites is 1. The largest absolute Gasteiger partial charge is 0.354 e. The number of hydrogen-bond acceptors (Lipinski definition) is 5. The van der Waals surface area contributed by atoms with Crippen molar-refractivity contribution in [2.45, 2.75) is 12.8 Å². The van der Waals surface area contributed by atoms with Gasteiger partial charge in [-0.15, -0.1) is 0 Å². The van der Waals surface area contributed by atoms with Crippen molar-refractivity contribution in [2.24, 2.45) is 5.92 Å². The van der Waals surface area contributed by atoms with Crippen LogP contribution >= 0.6 is 11.3 Å². The third-order valence-electron chi connectivity index (χ3n) is 5.09. The van der Waals surface area contributed by atoms with E-state index >= 15 is 0 Å². The molecule has 3 aromatic rings. The van der Waals surface area contributed by atoms with Crippen LogP contribution < -0.4 is 15.5 Å². The fourth-order valence-corrected chi connectivity index (χ4v) is 4.56. The van der Waals surface area contributed by atoms with Gasteiger partial charge in [-0.2, -0.15) is 0 Å². The van der Waals surface area contributed by atoms with Crippen molar-refractivity contribution in [3.8, 4) is 0 Å². The lowest BCUT2D eigenvalue weighted by atomic mass is 9.97. The minimum absolute atomic E-state index is 0.0461. The first-order valence-electron chi connectivity index (χ1n) is 9.92. The number of anilines is 1. The zero-order chi connectivity index (χ0) is 20.1. The molecule has 6 nitrogen and oxygen atoms in total. The first-order valence-corrected chi connectivity index (χ1v) is 10.7. The summed E-state index contributed by atoms with van der Waals surface area (Å²) in [6.45, 7) is 2.45. The molecule has 4 rings (SSSR count). The summed E-state index contributed by atoms with van der Waals surface area (Å²) in [6, 6.07) is 17.2. The van der Waals surface area contributed by atoms with E-state index in [4.69, 9.17) is 4.98 Å². The number of carbonyl (C=O) groups is 2. The Bertz CT molecular complexity index is 956. The molecular formula is C22H24N4O2S. The van der Waals surface area contributed by atoms with Crippen molar-refractivity contribution in [3.05, 3.63) is 60.2 Å². The minimum atomic E-state index is -0.125. The molecule has 1 aliphatic heterocycles. The van der Waals surface area contributed by atoms with Crippen LogP contribution in [0.1, 0.15) is 23.2 Å². The van der Waals surface area contributed by atoms with Crippen LogP contribution in [0.5, 0.6) is 0 Å². The minimum Gasteiger partial charge on any atom is -0.354 e. The topological polar surface area (TPSA) is 74.3 Å². The average molecular weight is 409 g/mol. The molecule has 0 bridgehead atoms. The molecule has 0 saturated carbocycles. The molecule has 150 valence electrons. The second-order valence-electron chi connectivity index (χ2n) is 7.16. The van der Waals surface area contributed by atoms with E-state index in [2.05, 4.69) is 21.6 Å². The second kappa shape index (κ2) is 9.05. The number of nitrogens with one attached hydrogen (secondary N) is 2. The summed E-state index contributed by atoms with van der Waals surface area (Å²) < 4.78 is 1.17. The van der Waals surface area contributed by atoms with Gasteiger partial charge in [0.15, 0.2) is 5.13 Å². The number of aromatic nitrogens is 1. The molecule has 0 radical (unpaired) electrons. The van der Waals surface area contributed by atoms with Gasteiger partial charge in [0, 0.05) is 31.7 Å². The zero-order valence-electron chi connectivity index (χ0n) is 16.1. The summed E-state index contributed by atoms with van der Waals surface area (Å²) in [7, 11) is 0. The van der Waals surface area contributed by atoms with Crippen LogP contribution in [-0.4, -0.2) is 43.0 Å². The fourth-order valence-electron chi connectivity index (χ4n) is 3.56. The van der Waals surface area contributed by atoms with E-state index in [0.717, 1.165) is 30.0 Å². The number of amides is 2. The van der Waals surface area contributed by atoms with Crippen molar-refractivity contribution in [2.75, 3.05) is 31.1 Å². The van der Waals surface area contributed by atoms with E-state index in [1.54, 1.807) is 23.5 Å². The van der Waals surface area contributed by atoms with E-state index in [1.807, 2.05) is 36.4 Å². The molecule has 29 heavy (non-hydrogen) atoms. The van der Waals surface area contributed by atoms with Gasteiger partial charge in [-0.05, 0) is 37.1 Å². The molecule has 1 unspecified atom stereocenters. The third kappa shape index (κ3) is 4.74. The van der Waals surface area contributed by atoms with Crippen LogP contribution in [0, 0.1) is 5.92 Å². The Hall–Kier alpha value is -2.93. The van der Waals surface area contributed by atoms with Crippen molar-refractivity contribution >= 4 is 38.5 Å². The number of benzene rings is 2. The molecule has 7 heteroatoms. The molecule has 2 N–H and O–H groups in total. The lowest BCUT2D eigenvalue weighted by Crippen LogP contribution is -2.44. The highest BCUT2D eigenvalue weighted by Crippen LogP contribution is 2.31. The number of fused-ring (bicyclic) bond motifs is 1. The predicted octanol–water partition coefficient (Wildman–Crippen LogP) is 3.06. The van der Waals surface area contributed by atoms with Gasteiger partial charge < -0.3 is 15.5 Å². The standard InChI is InChI=1S/C22H24N4O2S/c27-20(16-7-2-1-3-8-16)23-12-13-24-21(28)17-9-6-14-26(15-17)22-25-18-10-4-5-11-19(18)29-22/h1-5,7-8,10-11,17H,6,9,12-15H2,(H,23,27)(H,24,28). The molecular weight excluding hydrogens is 384 g/mol. The van der Waals surface area contributed by atoms with Crippen LogP contribution in [0.2, 0.25) is 0 Å². The molecule has 1 fully saturated rings. The Kier molecular flexibility index (Phi) is 6.05. The average Bonchev–Trinajstić information content (AvgIpc) is 3.21. The maximum absolute atomic E-state index is 12.6. The maximum Gasteiger partial charge on any atom is 0.251 e. The van der Waals surface area contributed by atoms with Crippen molar-refractivity contribution in [1.29, 1.82) is 0 Å². The monoisotopic (exact) mass is 408 g/mol. The van der Waals surface area contributed by atoms with Crippen LogP contribution in [-0.2, 0) is 4.79 Å². The summed E-state index contributed by atoms with van der Waals surface area (Å²) in [6.07, 6.45) is 1.85. The maximum atomic E-state index is 12.6. The van der Waals surface area contributed by atoms with Gasteiger partial charge >= 0.3 is 0 Å². The number of rotatable bonds is 6. The Morgan fingerprint density at radius 2 is 1.79 bits per heavy atom. The lowest BCUT2D eigenvalue weighted by molar-refractivity contribution is -0.125. The summed E-state index contributed by atoms with van der Waals surface area (Å²) >= 11 is 1.68. The highest BCUT2D eigenvalue weighted by atomic mass is 32.1. The zero-order valence-corrected chi connectivity index (χ0v) is 17.0. The van der Waals surface area contributed by atoms with Gasteiger partial charge in [0.05, 0.1) is 16.1 Å². The first-order chi connectivity index (χ1) is 14.2. The number of hydrogen-bond donors (Lipinski definition) is 2. The third-order valence-corrected chi connectivity index (χ3v) is 6.19. The van der Waals surface area contributed by atoms with Crippen molar-refractivity contribution in [3.63, 3.8) is 0 Å². The van der Waals surface area contributed by atoms with E-state index in [1.165, 1.54) is 4.70 Å². The summed E-state index contributed by atoms with van der Waals surface area (Å²) in [5, 5.41) is 6.78. The molecule has 1 atom stereocenters. The molecule has 2 aromatic carbocycles. The van der Waals surface area contributed by atoms with Gasteiger partial charge in [0.2, 0.25) is 5.91 Å². The number of thiazole rings is 1. The Morgan fingerprint density at radius 3 is 2.62 bits per heavy atom. The van der Waals surface area contributed by atoms with Crippen LogP contribution in [0.3, 0.4) is 0 Å². The summed E-state index contributed by atoms with van der Waals surface area (Å²) in [5.41, 5.74) is 1.63. The molecule has 2 heterocycles. The SMILES string of the molecule is O=C(NCCNC(=O)C1CCCN(c2nc3ccccc3s2)C1)c1ccccc1. The highest BCUT2D eigenvalue weighted by Gasteiger charge is 2.27. The molecule has 0 spiro atoms. The van der Waals surface area contributed by atoms with Gasteiger partial charge in [-0.25, -0.2) is 4.98 Å². The molecule has 1 aromatic heterocycles. The lowest BCUT2D eigenvalue weighted by Gasteiger charge is -2.31. The smallest absolute Gasteiger partial charge is 0.251 e. The van der Waals surface area contributed by atoms with Crippen molar-refractivity contribution < 1.29 is 9.59 Å². The number of piperidine rings is 1. The normalized spacial score (nSPS) is 16.6. The van der Waals surface area contributed by atoms with Gasteiger partial charge in [0.1, 0.15) is 0 Å². The molecule has 1 aliphatic rings. The van der Waals surface area contributed by atoms with E-state index in [-0.39, 0.29) is 17.7 Å². The van der Waals surface area contributed by atoms with Crippen LogP contribution in [0.4, 0.5) is 5.13 Å². The number of nitrogens with zero attached hydrogens (tertiary/aromatic N) is 2. The van der Waals surface area contributed by atoms with Crippen LogP contribution in [0.25, 0.3) is 10.2 Å². The van der Waals surface area contributed by atoms with E-state index in [0.29, 0.717) is 25.2 Å². The Morgan fingerprint density at radius 1 is 1.03 bits per heavy atom. The quantitative estimate of drug-likeness (QED) is 0.615. The Balaban J connectivity index is 1.26. The van der Waals surface area contributed by atoms with Gasteiger partial charge in [-0.1, -0.05) is 41.7 Å². The molecule has 0 aliphatic carbocycles. The number of carbonyl (C=O) groups excluding carboxylic acids is 2. The predicted molar refractivity (Wildman–Crippen MR) is 116 cm³/mol. The molecule has 2 amide bonds. The van der Waals surface area contributed by atoms with Crippen molar-refractivity contribution in [1.82, 2.24) is 15.6 Å². The first kappa shape index (κ1) is 19.4. The highest BCUT2D eigenvalue weighted by molar-refractivity contribution is 7.22. The molecule has 1 saturated heterocycles. The second-order valence-corrected chi connectivity index (χ2v) is 8.17. The van der Waals surface area contributed by atoms with E-state index < -0.39 is 0 Å². The summed E-state index contributed by atoms with van der Waals surface area (Å²) in [4.78, 5) is 31.6.